The Balaban J connectivity index is 0.937. The van der Waals surface area contributed by atoms with Crippen LogP contribution in [0.1, 0.15) is 149 Å². The zero-order chi connectivity index (χ0) is 39.5. The van der Waals surface area contributed by atoms with Gasteiger partial charge in [-0.25, -0.2) is 0 Å². The molecule has 3 atom stereocenters. The quantitative estimate of drug-likeness (QED) is 0.149. The molecule has 1 heteroatoms. The van der Waals surface area contributed by atoms with Crippen LogP contribution < -0.4 is 4.90 Å². The van der Waals surface area contributed by atoms with Gasteiger partial charge < -0.3 is 4.90 Å². The van der Waals surface area contributed by atoms with Crippen LogP contribution in [-0.4, -0.2) is 0 Å². The molecule has 6 aromatic carbocycles. The molecule has 298 valence electrons. The van der Waals surface area contributed by atoms with Gasteiger partial charge >= 0.3 is 0 Å². The van der Waals surface area contributed by atoms with Crippen molar-refractivity contribution in [3.63, 3.8) is 0 Å². The van der Waals surface area contributed by atoms with Crippen molar-refractivity contribution in [2.24, 2.45) is 11.8 Å². The Labute approximate surface area is 353 Å². The second kappa shape index (κ2) is 15.3. The minimum absolute atomic E-state index is 0.122. The lowest BCUT2D eigenvalue weighted by atomic mass is 9.81. The highest BCUT2D eigenvalue weighted by Crippen LogP contribution is 2.54. The summed E-state index contributed by atoms with van der Waals surface area (Å²) in [5.74, 6) is 3.98. The highest BCUT2D eigenvalue weighted by molar-refractivity contribution is 5.87. The van der Waals surface area contributed by atoms with Crippen molar-refractivity contribution in [2.75, 3.05) is 4.90 Å². The van der Waals surface area contributed by atoms with Gasteiger partial charge in [-0.05, 0) is 178 Å². The first-order valence-corrected chi connectivity index (χ1v) is 23.5. The van der Waals surface area contributed by atoms with Crippen LogP contribution in [0.5, 0.6) is 0 Å². The van der Waals surface area contributed by atoms with Crippen LogP contribution in [0.15, 0.2) is 133 Å². The number of hydrogen-bond acceptors (Lipinski definition) is 1. The summed E-state index contributed by atoms with van der Waals surface area (Å²) in [6.45, 7) is 4.87. The summed E-state index contributed by atoms with van der Waals surface area (Å²) < 4.78 is 0. The number of anilines is 3. The van der Waals surface area contributed by atoms with Crippen molar-refractivity contribution in [1.29, 1.82) is 0 Å². The first kappa shape index (κ1) is 37.1. The molecule has 59 heavy (non-hydrogen) atoms. The molecular formula is C58H61N. The smallest absolute Gasteiger partial charge is 0.0465 e. The summed E-state index contributed by atoms with van der Waals surface area (Å²) in [5, 5.41) is 0. The fraction of sp³-hybridized carbons (Fsp3) is 0.379. The van der Waals surface area contributed by atoms with E-state index in [1.54, 1.807) is 5.56 Å². The summed E-state index contributed by atoms with van der Waals surface area (Å²) in [7, 11) is 0. The van der Waals surface area contributed by atoms with E-state index in [9.17, 15) is 0 Å². The largest absolute Gasteiger partial charge is 0.310 e. The van der Waals surface area contributed by atoms with Crippen LogP contribution in [0.25, 0.3) is 33.4 Å². The van der Waals surface area contributed by atoms with E-state index in [4.69, 9.17) is 0 Å². The molecule has 0 amide bonds. The number of nitrogens with zero attached hydrogens (tertiary/aromatic N) is 1. The predicted octanol–water partition coefficient (Wildman–Crippen LogP) is 16.8. The molecule has 0 N–H and O–H groups in total. The minimum atomic E-state index is -0.122. The molecule has 4 saturated carbocycles. The van der Waals surface area contributed by atoms with Crippen molar-refractivity contribution in [1.82, 2.24) is 0 Å². The molecule has 4 fully saturated rings. The van der Waals surface area contributed by atoms with E-state index in [0.29, 0.717) is 5.92 Å². The van der Waals surface area contributed by atoms with Crippen LogP contribution in [0, 0.1) is 11.8 Å². The summed E-state index contributed by atoms with van der Waals surface area (Å²) in [6.07, 6.45) is 19.2. The Morgan fingerprint density at radius 3 is 1.69 bits per heavy atom. The van der Waals surface area contributed by atoms with Crippen molar-refractivity contribution >= 4 is 17.1 Å². The van der Waals surface area contributed by atoms with E-state index < -0.39 is 0 Å². The average molecular weight is 772 g/mol. The Morgan fingerprint density at radius 1 is 0.441 bits per heavy atom. The third-order valence-electron chi connectivity index (χ3n) is 16.0. The second-order valence-corrected chi connectivity index (χ2v) is 19.7. The molecule has 0 spiro atoms. The van der Waals surface area contributed by atoms with Gasteiger partial charge in [-0.15, -0.1) is 0 Å². The van der Waals surface area contributed by atoms with Gasteiger partial charge in [-0.1, -0.05) is 150 Å². The second-order valence-electron chi connectivity index (χ2n) is 19.7. The van der Waals surface area contributed by atoms with Gasteiger partial charge in [0.1, 0.15) is 0 Å². The minimum Gasteiger partial charge on any atom is -0.310 e. The van der Waals surface area contributed by atoms with Gasteiger partial charge in [0, 0.05) is 22.5 Å². The Kier molecular flexibility index (Phi) is 9.63. The molecule has 5 aliphatic rings. The number of fused-ring (bicyclic) bond motifs is 5. The highest BCUT2D eigenvalue weighted by atomic mass is 15.1. The topological polar surface area (TPSA) is 3.24 Å². The molecule has 0 heterocycles. The lowest BCUT2D eigenvalue weighted by Crippen LogP contribution is -2.17. The first-order chi connectivity index (χ1) is 29.0. The Hall–Kier alpha value is -4.88. The summed E-state index contributed by atoms with van der Waals surface area (Å²) in [5.41, 5.74) is 19.1. The fourth-order valence-corrected chi connectivity index (χ4v) is 12.7. The van der Waals surface area contributed by atoms with Crippen molar-refractivity contribution in [2.45, 2.75) is 127 Å². The predicted molar refractivity (Wildman–Crippen MR) is 249 cm³/mol. The number of rotatable bonds is 8. The van der Waals surface area contributed by atoms with Crippen molar-refractivity contribution in [3.8, 4) is 33.4 Å². The molecule has 6 aromatic rings. The van der Waals surface area contributed by atoms with Gasteiger partial charge in [0.05, 0.1) is 0 Å². The van der Waals surface area contributed by atoms with Crippen LogP contribution in [0.4, 0.5) is 17.1 Å². The van der Waals surface area contributed by atoms with E-state index in [1.807, 2.05) is 0 Å². The lowest BCUT2D eigenvalue weighted by molar-refractivity contribution is 0.420. The maximum Gasteiger partial charge on any atom is 0.0465 e. The van der Waals surface area contributed by atoms with Gasteiger partial charge in [-0.3, -0.25) is 0 Å². The molecule has 2 bridgehead atoms. The normalized spacial score (nSPS) is 22.3. The maximum absolute atomic E-state index is 2.51. The van der Waals surface area contributed by atoms with Crippen LogP contribution >= 0.6 is 0 Å². The van der Waals surface area contributed by atoms with Gasteiger partial charge in [0.25, 0.3) is 0 Å². The Bertz CT molecular complexity index is 2440. The van der Waals surface area contributed by atoms with Crippen LogP contribution in [0.2, 0.25) is 0 Å². The number of benzene rings is 6. The molecular weight excluding hydrogens is 711 g/mol. The zero-order valence-corrected chi connectivity index (χ0v) is 35.4. The Morgan fingerprint density at radius 2 is 1.02 bits per heavy atom. The standard InChI is InChI=1S/C58H61N/c1-58(2)56-37-46(42-21-19-41(20-22-42)40-11-5-3-6-12-40)27-33-53(56)54-34-32-50(38-57(54)58)59(49-30-25-45(26-31-49)55-36-39-17-18-47(55)35-39)48-28-23-44(24-29-48)52-16-10-9-15-51(52)43-13-7-4-8-14-43/h9-10,15-16,19-34,37-40,43,47,55H,3-8,11-14,17-18,35-36H2,1-2H3. The molecule has 1 nitrogen and oxygen atoms in total. The molecule has 5 aliphatic carbocycles. The van der Waals surface area contributed by atoms with Crippen molar-refractivity contribution in [3.05, 3.63) is 161 Å². The van der Waals surface area contributed by atoms with E-state index in [2.05, 4.69) is 152 Å². The molecule has 11 rings (SSSR count). The van der Waals surface area contributed by atoms with Gasteiger partial charge in [0.2, 0.25) is 0 Å². The number of hydrogen-bond donors (Lipinski definition) is 0. The summed E-state index contributed by atoms with van der Waals surface area (Å²) in [4.78, 5) is 2.51. The molecule has 3 unspecified atom stereocenters. The average Bonchev–Trinajstić information content (AvgIpc) is 4.00. The van der Waals surface area contributed by atoms with E-state index in [0.717, 1.165) is 23.7 Å². The first-order valence-electron chi connectivity index (χ1n) is 23.5. The van der Waals surface area contributed by atoms with Crippen LogP contribution in [0.3, 0.4) is 0 Å². The van der Waals surface area contributed by atoms with E-state index in [-0.39, 0.29) is 5.41 Å². The summed E-state index contributed by atoms with van der Waals surface area (Å²) in [6, 6.07) is 52.5. The molecule has 0 aromatic heterocycles. The molecule has 0 aliphatic heterocycles. The monoisotopic (exact) mass is 771 g/mol. The fourth-order valence-electron chi connectivity index (χ4n) is 12.7. The van der Waals surface area contributed by atoms with Crippen molar-refractivity contribution < 1.29 is 0 Å². The van der Waals surface area contributed by atoms with Gasteiger partial charge in [-0.2, -0.15) is 0 Å². The highest BCUT2D eigenvalue weighted by Gasteiger charge is 2.40. The summed E-state index contributed by atoms with van der Waals surface area (Å²) >= 11 is 0. The van der Waals surface area contributed by atoms with Gasteiger partial charge in [0.15, 0.2) is 0 Å². The molecule has 0 radical (unpaired) electrons. The van der Waals surface area contributed by atoms with E-state index >= 15 is 0 Å². The van der Waals surface area contributed by atoms with Crippen LogP contribution in [-0.2, 0) is 5.41 Å². The third-order valence-corrected chi connectivity index (χ3v) is 16.0. The maximum atomic E-state index is 2.51. The SMILES string of the molecule is CC1(C)c2cc(-c3ccc(C4CCCCC4)cc3)ccc2-c2ccc(N(c3ccc(-c4ccccc4C4CCCCC4)cc3)c3ccc(C4CC5CCC4C5)cc3)cc21. The molecule has 0 saturated heterocycles. The third kappa shape index (κ3) is 6.78. The zero-order valence-electron chi connectivity index (χ0n) is 35.4. The van der Waals surface area contributed by atoms with E-state index in [1.165, 1.54) is 163 Å². The lowest BCUT2D eigenvalue weighted by Gasteiger charge is -2.29.